The maximum absolute atomic E-state index is 13.1. The zero-order valence-electron chi connectivity index (χ0n) is 18.3. The van der Waals surface area contributed by atoms with Gasteiger partial charge in [-0.15, -0.1) is 0 Å². The van der Waals surface area contributed by atoms with Crippen molar-refractivity contribution in [1.29, 1.82) is 0 Å². The van der Waals surface area contributed by atoms with Gasteiger partial charge < -0.3 is 25.4 Å². The number of hydrogen-bond donors (Lipinski definition) is 3. The largest absolute Gasteiger partial charge is 0.508 e. The molecule has 0 spiro atoms. The Morgan fingerprint density at radius 2 is 1.76 bits per heavy atom. The highest BCUT2D eigenvalue weighted by Crippen LogP contribution is 2.25. The summed E-state index contributed by atoms with van der Waals surface area (Å²) < 4.78 is 5.20. The van der Waals surface area contributed by atoms with Gasteiger partial charge in [0.1, 0.15) is 23.4 Å². The molecule has 0 aromatic heterocycles. The Balaban J connectivity index is 3.14. The minimum Gasteiger partial charge on any atom is -0.508 e. The molecule has 3 N–H and O–H groups in total. The summed E-state index contributed by atoms with van der Waals surface area (Å²) >= 11 is 0. The van der Waals surface area contributed by atoms with Gasteiger partial charge in [0, 0.05) is 12.6 Å². The Bertz CT molecular complexity index is 727. The topological polar surface area (TPSA) is 108 Å². The van der Waals surface area contributed by atoms with E-state index in [1.807, 2.05) is 13.8 Å². The van der Waals surface area contributed by atoms with E-state index in [0.29, 0.717) is 5.56 Å². The van der Waals surface area contributed by atoms with Crippen molar-refractivity contribution in [2.45, 2.75) is 72.2 Å². The highest BCUT2D eigenvalue weighted by Gasteiger charge is 2.34. The summed E-state index contributed by atoms with van der Waals surface area (Å²) in [5, 5.41) is 15.2. The van der Waals surface area contributed by atoms with Crippen LogP contribution in [0.3, 0.4) is 0 Å². The van der Waals surface area contributed by atoms with Gasteiger partial charge in [0.05, 0.1) is 0 Å². The maximum atomic E-state index is 13.1. The smallest absolute Gasteiger partial charge is 0.408 e. The van der Waals surface area contributed by atoms with Gasteiger partial charge in [0.25, 0.3) is 0 Å². The fourth-order valence-electron chi connectivity index (χ4n) is 2.79. The van der Waals surface area contributed by atoms with E-state index in [2.05, 4.69) is 10.6 Å². The van der Waals surface area contributed by atoms with Gasteiger partial charge in [-0.1, -0.05) is 12.1 Å². The average molecular weight is 408 g/mol. The first-order valence-electron chi connectivity index (χ1n) is 9.75. The molecule has 0 aliphatic carbocycles. The molecule has 0 radical (unpaired) electrons. The number of hydrogen-bond acceptors (Lipinski definition) is 5. The molecule has 0 aliphatic heterocycles. The van der Waals surface area contributed by atoms with Crippen LogP contribution in [0.25, 0.3) is 0 Å². The number of alkyl carbamates (subject to hydrolysis) is 1. The van der Waals surface area contributed by atoms with Gasteiger partial charge >= 0.3 is 6.09 Å². The first-order valence-corrected chi connectivity index (χ1v) is 9.75. The number of carbonyl (C=O) groups is 3. The van der Waals surface area contributed by atoms with Gasteiger partial charge in [-0.25, -0.2) is 4.79 Å². The molecule has 0 bridgehead atoms. The zero-order chi connectivity index (χ0) is 22.4. The summed E-state index contributed by atoms with van der Waals surface area (Å²) in [6, 6.07) is 4.24. The number of amides is 3. The van der Waals surface area contributed by atoms with Crippen LogP contribution in [0.15, 0.2) is 24.3 Å². The first-order chi connectivity index (χ1) is 13.4. The van der Waals surface area contributed by atoms with E-state index in [4.69, 9.17) is 4.74 Å². The number of rotatable bonds is 7. The lowest BCUT2D eigenvalue weighted by Crippen LogP contribution is -2.52. The van der Waals surface area contributed by atoms with Gasteiger partial charge in [-0.05, 0) is 66.2 Å². The third-order valence-corrected chi connectivity index (χ3v) is 3.90. The van der Waals surface area contributed by atoms with Crippen LogP contribution in [-0.2, 0) is 14.3 Å². The predicted octanol–water partition coefficient (Wildman–Crippen LogP) is 2.72. The number of carbonyl (C=O) groups excluding carboxylic acids is 3. The molecule has 0 saturated heterocycles. The quantitative estimate of drug-likeness (QED) is 0.644. The van der Waals surface area contributed by atoms with Crippen molar-refractivity contribution >= 4 is 17.9 Å². The third kappa shape index (κ3) is 7.63. The number of nitrogens with zero attached hydrogens (tertiary/aromatic N) is 1. The number of likely N-dealkylation sites (N-methyl/N-ethyl adjacent to an activating group) is 1. The molecule has 0 heterocycles. The molecule has 8 nitrogen and oxygen atoms in total. The second-order valence-electron chi connectivity index (χ2n) is 8.15. The lowest BCUT2D eigenvalue weighted by atomic mass is 10.0. The second-order valence-corrected chi connectivity index (χ2v) is 8.15. The third-order valence-electron chi connectivity index (χ3n) is 3.90. The van der Waals surface area contributed by atoms with E-state index in [9.17, 15) is 19.5 Å². The fourth-order valence-corrected chi connectivity index (χ4v) is 2.79. The molecule has 1 aromatic carbocycles. The highest BCUT2D eigenvalue weighted by atomic mass is 16.6. The van der Waals surface area contributed by atoms with Crippen molar-refractivity contribution in [2.24, 2.45) is 0 Å². The van der Waals surface area contributed by atoms with E-state index in [1.54, 1.807) is 39.8 Å². The van der Waals surface area contributed by atoms with Crippen LogP contribution in [0.1, 0.15) is 60.1 Å². The van der Waals surface area contributed by atoms with Crippen molar-refractivity contribution in [1.82, 2.24) is 15.5 Å². The molecule has 3 amide bonds. The molecule has 0 saturated carbocycles. The Kier molecular flexibility index (Phi) is 8.48. The summed E-state index contributed by atoms with van der Waals surface area (Å²) in [6.07, 6.45) is -0.713. The Labute approximate surface area is 172 Å². The van der Waals surface area contributed by atoms with Gasteiger partial charge in [-0.2, -0.15) is 0 Å². The summed E-state index contributed by atoms with van der Waals surface area (Å²) in [5.74, 6) is -0.816. The van der Waals surface area contributed by atoms with Crippen molar-refractivity contribution < 1.29 is 24.2 Å². The van der Waals surface area contributed by atoms with E-state index in [1.165, 1.54) is 24.0 Å². The first kappa shape index (κ1) is 24.3. The molecule has 1 aromatic rings. The van der Waals surface area contributed by atoms with Crippen molar-refractivity contribution in [3.8, 4) is 5.75 Å². The normalized spacial score (nSPS) is 13.4. The maximum Gasteiger partial charge on any atom is 0.408 e. The second kappa shape index (κ2) is 10.1. The molecular formula is C21H33N3O5. The van der Waals surface area contributed by atoms with Crippen LogP contribution in [0, 0.1) is 0 Å². The van der Waals surface area contributed by atoms with Crippen LogP contribution in [0.2, 0.25) is 0 Å². The molecule has 29 heavy (non-hydrogen) atoms. The predicted molar refractivity (Wildman–Crippen MR) is 110 cm³/mol. The van der Waals surface area contributed by atoms with E-state index in [-0.39, 0.29) is 24.2 Å². The molecule has 8 heteroatoms. The summed E-state index contributed by atoms with van der Waals surface area (Å²) in [7, 11) is 0. The number of ether oxygens (including phenoxy) is 1. The highest BCUT2D eigenvalue weighted by molar-refractivity contribution is 5.92. The summed E-state index contributed by atoms with van der Waals surface area (Å²) in [5.41, 5.74) is -0.221. The number of nitrogens with one attached hydrogen (secondary N) is 2. The van der Waals surface area contributed by atoms with Crippen LogP contribution in [0.5, 0.6) is 5.75 Å². The van der Waals surface area contributed by atoms with Crippen LogP contribution in [0.4, 0.5) is 4.79 Å². The summed E-state index contributed by atoms with van der Waals surface area (Å²) in [4.78, 5) is 39.4. The summed E-state index contributed by atoms with van der Waals surface area (Å²) in [6.45, 7) is 12.3. The molecule has 0 aliphatic rings. The standard InChI is InChI=1S/C21H33N3O5/c1-8-24(19(27)14(4)23-20(28)29-21(5,6)7)17(18(26)22-13(2)3)15-10-9-11-16(25)12-15/h9-14,17,25H,8H2,1-7H3,(H,22,26)(H,23,28). The Hall–Kier alpha value is -2.77. The number of aromatic hydroxyl groups is 1. The molecule has 2 atom stereocenters. The molecule has 1 rings (SSSR count). The molecular weight excluding hydrogens is 374 g/mol. The Morgan fingerprint density at radius 1 is 1.14 bits per heavy atom. The number of phenols is 1. The minimum atomic E-state index is -0.954. The SMILES string of the molecule is CCN(C(=O)C(C)NC(=O)OC(C)(C)C)C(C(=O)NC(C)C)c1cccc(O)c1. The van der Waals surface area contributed by atoms with Crippen LogP contribution >= 0.6 is 0 Å². The zero-order valence-corrected chi connectivity index (χ0v) is 18.3. The number of phenolic OH excluding ortho intramolecular Hbond substituents is 1. The van der Waals surface area contributed by atoms with Crippen LogP contribution < -0.4 is 10.6 Å². The number of benzene rings is 1. The average Bonchev–Trinajstić information content (AvgIpc) is 2.56. The van der Waals surface area contributed by atoms with Gasteiger partial charge in [-0.3, -0.25) is 9.59 Å². The molecule has 2 unspecified atom stereocenters. The van der Waals surface area contributed by atoms with Gasteiger partial charge in [0.2, 0.25) is 11.8 Å². The lowest BCUT2D eigenvalue weighted by Gasteiger charge is -2.33. The molecule has 162 valence electrons. The lowest BCUT2D eigenvalue weighted by molar-refractivity contribution is -0.142. The van der Waals surface area contributed by atoms with Crippen molar-refractivity contribution in [2.75, 3.05) is 6.54 Å². The van der Waals surface area contributed by atoms with E-state index in [0.717, 1.165) is 0 Å². The van der Waals surface area contributed by atoms with Gasteiger partial charge in [0.15, 0.2) is 0 Å². The van der Waals surface area contributed by atoms with E-state index < -0.39 is 29.7 Å². The van der Waals surface area contributed by atoms with E-state index >= 15 is 0 Å². The molecule has 0 fully saturated rings. The fraction of sp³-hybridized carbons (Fsp3) is 0.571. The van der Waals surface area contributed by atoms with Crippen molar-refractivity contribution in [3.05, 3.63) is 29.8 Å². The van der Waals surface area contributed by atoms with Crippen molar-refractivity contribution in [3.63, 3.8) is 0 Å². The van der Waals surface area contributed by atoms with Crippen LogP contribution in [-0.4, -0.2) is 52.1 Å². The monoisotopic (exact) mass is 407 g/mol. The minimum absolute atomic E-state index is 0.00622. The Morgan fingerprint density at radius 3 is 2.24 bits per heavy atom.